The van der Waals surface area contributed by atoms with Crippen molar-refractivity contribution in [2.45, 2.75) is 43.8 Å². The van der Waals surface area contributed by atoms with Gasteiger partial charge in [-0.15, -0.1) is 24.8 Å². The van der Waals surface area contributed by atoms with Crippen molar-refractivity contribution in [3.8, 4) is 0 Å². The van der Waals surface area contributed by atoms with Gasteiger partial charge in [-0.3, -0.25) is 4.79 Å². The molecule has 0 radical (unpaired) electrons. The van der Waals surface area contributed by atoms with Crippen molar-refractivity contribution in [3.63, 3.8) is 0 Å². The number of carbonyl (C=O) groups excluding carboxylic acids is 1. The average Bonchev–Trinajstić information content (AvgIpc) is 3.36. The Bertz CT molecular complexity index is 988. The van der Waals surface area contributed by atoms with Gasteiger partial charge < -0.3 is 9.80 Å². The van der Waals surface area contributed by atoms with Crippen molar-refractivity contribution in [1.29, 1.82) is 0 Å². The van der Waals surface area contributed by atoms with E-state index in [0.29, 0.717) is 12.8 Å². The van der Waals surface area contributed by atoms with Gasteiger partial charge in [0.05, 0.1) is 18.4 Å². The number of allylic oxidation sites excluding steroid dienone is 3. The lowest BCUT2D eigenvalue weighted by atomic mass is 9.76. The van der Waals surface area contributed by atoms with E-state index in [2.05, 4.69) is 39.1 Å². The van der Waals surface area contributed by atoms with E-state index in [4.69, 9.17) is 0 Å². The molecule has 0 N–H and O–H groups in total. The summed E-state index contributed by atoms with van der Waals surface area (Å²) < 4.78 is 1.02. The third-order valence-electron chi connectivity index (χ3n) is 7.31. The van der Waals surface area contributed by atoms with E-state index in [9.17, 15) is 9.70 Å². The quantitative estimate of drug-likeness (QED) is 0.604. The molecule has 6 aliphatic rings. The predicted octanol–water partition coefficient (Wildman–Crippen LogP) is 3.35. The van der Waals surface area contributed by atoms with E-state index < -0.39 is 6.04 Å². The predicted molar refractivity (Wildman–Crippen MR) is 125 cm³/mol. The second kappa shape index (κ2) is 8.49. The number of likely N-dealkylation sites (tertiary alicyclic amines) is 1. The molecule has 4 atom stereocenters. The SMILES string of the molecule is Cl.Cl.O=C1CC2=C(C=CC3C2C2=CC=CC4=CN=CN3C42)[N+](=O)C1CCN1CCCC1. The Balaban J connectivity index is 0.00000116. The molecule has 0 bridgehead atoms. The normalized spacial score (nSPS) is 32.7. The van der Waals surface area contributed by atoms with Gasteiger partial charge in [0.1, 0.15) is 0 Å². The standard InChI is InChI=1S/C23H25N4O2.2ClH/c28-21-12-17-18(27(29)19(21)8-11-25-9-1-2-10-25)6-7-20-22(17)16-5-3-4-15-13-24-14-26(20)23(15)16;;/h3-7,13-14,19-20,22-23H,1-2,8-12H2;2*1H/q+1;;. The van der Waals surface area contributed by atoms with Crippen molar-refractivity contribution in [3.05, 3.63) is 63.9 Å². The number of rotatable bonds is 3. The molecule has 4 unspecified atom stereocenters. The molecule has 4 aliphatic heterocycles. The van der Waals surface area contributed by atoms with Crippen LogP contribution in [-0.4, -0.2) is 64.4 Å². The second-order valence-electron chi connectivity index (χ2n) is 8.83. The molecule has 0 amide bonds. The van der Waals surface area contributed by atoms with Crippen LogP contribution in [0.25, 0.3) is 0 Å². The van der Waals surface area contributed by atoms with Crippen LogP contribution < -0.4 is 0 Å². The molecule has 8 heteroatoms. The summed E-state index contributed by atoms with van der Waals surface area (Å²) in [6.45, 7) is 3.02. The number of hydrogen-bond acceptors (Lipinski definition) is 5. The van der Waals surface area contributed by atoms with Crippen LogP contribution in [0, 0.1) is 10.8 Å². The van der Waals surface area contributed by atoms with Gasteiger partial charge >= 0.3 is 0 Å². The average molecular weight is 462 g/mol. The fourth-order valence-corrected chi connectivity index (χ4v) is 5.94. The van der Waals surface area contributed by atoms with Gasteiger partial charge in [0.25, 0.3) is 11.7 Å². The maximum absolute atomic E-state index is 13.2. The Labute approximate surface area is 194 Å². The molecule has 0 spiro atoms. The molecular weight excluding hydrogens is 435 g/mol. The van der Waals surface area contributed by atoms with E-state index >= 15 is 0 Å². The summed E-state index contributed by atoms with van der Waals surface area (Å²) in [6.07, 6.45) is 17.7. The number of nitroso groups, excluding NO2 is 1. The first-order chi connectivity index (χ1) is 14.2. The zero-order valence-electron chi connectivity index (χ0n) is 17.2. The first kappa shape index (κ1) is 22.2. The second-order valence-corrected chi connectivity index (χ2v) is 8.83. The van der Waals surface area contributed by atoms with Crippen molar-refractivity contribution in [2.24, 2.45) is 10.9 Å². The van der Waals surface area contributed by atoms with Crippen LogP contribution in [0.3, 0.4) is 0 Å². The van der Waals surface area contributed by atoms with Gasteiger partial charge in [0, 0.05) is 52.8 Å². The van der Waals surface area contributed by atoms with Crippen LogP contribution in [0.5, 0.6) is 0 Å². The number of carbonyl (C=O) groups is 1. The minimum Gasteiger partial charge on any atom is -0.344 e. The van der Waals surface area contributed by atoms with Crippen molar-refractivity contribution in [1.82, 2.24) is 9.80 Å². The topological polar surface area (TPSA) is 56.0 Å². The minimum atomic E-state index is -0.545. The molecule has 2 saturated heterocycles. The van der Waals surface area contributed by atoms with E-state index in [0.717, 1.165) is 35.7 Å². The van der Waals surface area contributed by atoms with Gasteiger partial charge in [-0.1, -0.05) is 24.3 Å². The maximum atomic E-state index is 13.2. The summed E-state index contributed by atoms with van der Waals surface area (Å²) in [5.41, 5.74) is 4.18. The molecule has 0 aromatic carbocycles. The van der Waals surface area contributed by atoms with Gasteiger partial charge in [-0.05, 0) is 37.1 Å². The monoisotopic (exact) mass is 461 g/mol. The van der Waals surface area contributed by atoms with E-state index in [-0.39, 0.29) is 48.6 Å². The Kier molecular flexibility index (Phi) is 6.08. The summed E-state index contributed by atoms with van der Waals surface area (Å²) in [5.74, 6) is 0.158. The van der Waals surface area contributed by atoms with Gasteiger partial charge in [-0.2, -0.15) is 0 Å². The molecule has 6 nitrogen and oxygen atoms in total. The van der Waals surface area contributed by atoms with Crippen LogP contribution in [0.2, 0.25) is 0 Å². The maximum Gasteiger partial charge on any atom is 0.267 e. The Morgan fingerprint density at radius 2 is 1.97 bits per heavy atom. The Hall–Kier alpha value is -2.02. The smallest absolute Gasteiger partial charge is 0.267 e. The molecule has 2 fully saturated rings. The largest absolute Gasteiger partial charge is 0.344 e. The fourth-order valence-electron chi connectivity index (χ4n) is 5.94. The highest BCUT2D eigenvalue weighted by Crippen LogP contribution is 2.49. The first-order valence-electron chi connectivity index (χ1n) is 10.7. The number of hydrogen-bond donors (Lipinski definition) is 0. The number of Topliss-reactive ketones (excluding diaryl/α,β-unsaturated/α-hetero) is 1. The highest BCUT2D eigenvalue weighted by molar-refractivity contribution is 5.87. The van der Waals surface area contributed by atoms with E-state index in [1.807, 2.05) is 18.6 Å². The number of ketones is 1. The summed E-state index contributed by atoms with van der Waals surface area (Å²) in [7, 11) is 0. The van der Waals surface area contributed by atoms with Crippen molar-refractivity contribution in [2.75, 3.05) is 19.6 Å². The fraction of sp³-hybridized carbons (Fsp3) is 0.478. The van der Waals surface area contributed by atoms with Gasteiger partial charge in [-0.25, -0.2) is 4.99 Å². The summed E-state index contributed by atoms with van der Waals surface area (Å²) in [6, 6.07) is -0.247. The molecule has 4 heterocycles. The van der Waals surface area contributed by atoms with Crippen LogP contribution in [-0.2, 0) is 4.79 Å². The van der Waals surface area contributed by atoms with E-state index in [1.54, 1.807) is 0 Å². The molecule has 0 saturated carbocycles. The Morgan fingerprint density at radius 1 is 1.16 bits per heavy atom. The van der Waals surface area contributed by atoms with Crippen LogP contribution in [0.1, 0.15) is 25.7 Å². The third-order valence-corrected chi connectivity index (χ3v) is 7.31. The number of halogens is 2. The molecule has 0 aromatic rings. The van der Waals surface area contributed by atoms with Gasteiger partial charge in [0.15, 0.2) is 0 Å². The first-order valence-corrected chi connectivity index (χ1v) is 10.7. The zero-order chi connectivity index (χ0) is 19.5. The summed E-state index contributed by atoms with van der Waals surface area (Å²) in [5, 5.41) is 0. The lowest BCUT2D eigenvalue weighted by Gasteiger charge is -2.32. The molecule has 0 aromatic heterocycles. The van der Waals surface area contributed by atoms with Crippen molar-refractivity contribution >= 4 is 36.9 Å². The summed E-state index contributed by atoms with van der Waals surface area (Å²) >= 11 is 0. The van der Waals surface area contributed by atoms with E-state index in [1.165, 1.54) is 24.0 Å². The number of nitrogens with zero attached hydrogens (tertiary/aromatic N) is 4. The molecule has 164 valence electrons. The van der Waals surface area contributed by atoms with Crippen LogP contribution >= 0.6 is 24.8 Å². The highest BCUT2D eigenvalue weighted by atomic mass is 35.5. The number of fused-ring (bicyclic) bond motifs is 4. The molecule has 31 heavy (non-hydrogen) atoms. The van der Waals surface area contributed by atoms with Crippen LogP contribution in [0.15, 0.2) is 64.0 Å². The lowest BCUT2D eigenvalue weighted by molar-refractivity contribution is -0.525. The van der Waals surface area contributed by atoms with Gasteiger partial charge in [0.2, 0.25) is 5.78 Å². The molecule has 6 rings (SSSR count). The summed E-state index contributed by atoms with van der Waals surface area (Å²) in [4.78, 5) is 35.3. The zero-order valence-corrected chi connectivity index (χ0v) is 18.9. The van der Waals surface area contributed by atoms with Crippen molar-refractivity contribution < 1.29 is 9.55 Å². The number of aliphatic imine (C=N–C) groups is 1. The highest BCUT2D eigenvalue weighted by Gasteiger charge is 2.54. The minimum absolute atomic E-state index is 0. The Morgan fingerprint density at radius 3 is 2.77 bits per heavy atom. The third kappa shape index (κ3) is 3.36. The molecule has 2 aliphatic carbocycles. The molecular formula is C23H27Cl2N4O2+. The van der Waals surface area contributed by atoms with Crippen LogP contribution in [0.4, 0.5) is 0 Å². The lowest BCUT2D eigenvalue weighted by Crippen LogP contribution is -2.43.